The Bertz CT molecular complexity index is 1140. The Hall–Kier alpha value is -3.58. The zero-order valence-corrected chi connectivity index (χ0v) is 18.7. The van der Waals surface area contributed by atoms with E-state index in [0.29, 0.717) is 17.9 Å². The highest BCUT2D eigenvalue weighted by molar-refractivity contribution is 6.05. The molecular formula is C23H25FN4O4. The molecule has 1 heterocycles. The van der Waals surface area contributed by atoms with Gasteiger partial charge in [0.05, 0.1) is 17.9 Å². The van der Waals surface area contributed by atoms with Crippen molar-refractivity contribution < 1.29 is 23.5 Å². The lowest BCUT2D eigenvalue weighted by Crippen LogP contribution is -2.41. The molecule has 0 aliphatic carbocycles. The molecule has 1 aliphatic heterocycles. The number of amides is 1. The van der Waals surface area contributed by atoms with Crippen molar-refractivity contribution in [1.29, 1.82) is 0 Å². The van der Waals surface area contributed by atoms with E-state index in [4.69, 9.17) is 15.0 Å². The quantitative estimate of drug-likeness (QED) is 0.264. The van der Waals surface area contributed by atoms with Gasteiger partial charge in [0.15, 0.2) is 0 Å². The van der Waals surface area contributed by atoms with Gasteiger partial charge in [-0.25, -0.2) is 9.18 Å². The Morgan fingerprint density at radius 1 is 1.25 bits per heavy atom. The molecule has 1 N–H and O–H groups in total. The van der Waals surface area contributed by atoms with Crippen LogP contribution < -0.4 is 10.1 Å². The van der Waals surface area contributed by atoms with Crippen molar-refractivity contribution >= 4 is 23.3 Å². The molecule has 2 aromatic carbocycles. The second kappa shape index (κ2) is 8.51. The van der Waals surface area contributed by atoms with Gasteiger partial charge in [-0.3, -0.25) is 4.79 Å². The van der Waals surface area contributed by atoms with Gasteiger partial charge in [0.1, 0.15) is 17.2 Å². The van der Waals surface area contributed by atoms with Gasteiger partial charge >= 0.3 is 5.97 Å². The Morgan fingerprint density at radius 2 is 1.97 bits per heavy atom. The molecule has 0 saturated heterocycles. The third kappa shape index (κ3) is 4.68. The smallest absolute Gasteiger partial charge is 0.341 e. The van der Waals surface area contributed by atoms with Gasteiger partial charge in [0.25, 0.3) is 5.91 Å². The van der Waals surface area contributed by atoms with E-state index >= 15 is 0 Å². The molecule has 3 rings (SSSR count). The minimum Gasteiger partial charge on any atom is -0.487 e. The van der Waals surface area contributed by atoms with Gasteiger partial charge in [0, 0.05) is 21.7 Å². The van der Waals surface area contributed by atoms with E-state index in [0.717, 1.165) is 11.6 Å². The number of fused-ring (bicyclic) bond motifs is 1. The van der Waals surface area contributed by atoms with Crippen LogP contribution in [-0.2, 0) is 10.2 Å². The number of hydrogen-bond donors (Lipinski definition) is 1. The monoisotopic (exact) mass is 440 g/mol. The first-order valence-electron chi connectivity index (χ1n) is 10.2. The first-order valence-corrected chi connectivity index (χ1v) is 10.2. The van der Waals surface area contributed by atoms with Gasteiger partial charge in [-0.1, -0.05) is 19.0 Å². The molecule has 0 radical (unpaired) electrons. The Balaban J connectivity index is 1.95. The lowest BCUT2D eigenvalue weighted by molar-refractivity contribution is 0.0518. The molecule has 0 aromatic heterocycles. The second-order valence-corrected chi connectivity index (χ2v) is 8.85. The maximum Gasteiger partial charge on any atom is 0.341 e. The first kappa shape index (κ1) is 23.1. The molecule has 0 fully saturated rings. The number of benzene rings is 2. The minimum absolute atomic E-state index is 0.0234. The van der Waals surface area contributed by atoms with E-state index < -0.39 is 23.3 Å². The standard InChI is InChI=1S/C23H25FN4O4/c1-6-31-21(30)15-8-7-13(9-17(15)24)20(29)26-14-10-16-19(18(11-14)27-28-25)32-23(4,5)12-22(16,2)3/h7-11H,6,12H2,1-5H3,(H,26,29). The number of nitrogens with zero attached hydrogens (tertiary/aromatic N) is 3. The number of carbonyl (C=O) groups excluding carboxylic acids is 2. The third-order valence-corrected chi connectivity index (χ3v) is 5.18. The van der Waals surface area contributed by atoms with Gasteiger partial charge in [-0.05, 0) is 68.5 Å². The van der Waals surface area contributed by atoms with Crippen molar-refractivity contribution in [3.05, 3.63) is 63.3 Å². The fraction of sp³-hybridized carbons (Fsp3) is 0.391. The maximum atomic E-state index is 14.3. The van der Waals surface area contributed by atoms with E-state index in [1.54, 1.807) is 13.0 Å². The molecule has 0 bridgehead atoms. The maximum absolute atomic E-state index is 14.3. The minimum atomic E-state index is -0.854. The average Bonchev–Trinajstić information content (AvgIpc) is 2.68. The summed E-state index contributed by atoms with van der Waals surface area (Å²) in [4.78, 5) is 27.4. The molecule has 168 valence electrons. The molecule has 0 unspecified atom stereocenters. The van der Waals surface area contributed by atoms with Crippen LogP contribution in [0.15, 0.2) is 35.4 Å². The van der Waals surface area contributed by atoms with Gasteiger partial charge in [-0.2, -0.15) is 0 Å². The van der Waals surface area contributed by atoms with Crippen molar-refractivity contribution in [2.75, 3.05) is 11.9 Å². The second-order valence-electron chi connectivity index (χ2n) is 8.85. The zero-order chi connectivity index (χ0) is 23.7. The fourth-order valence-electron chi connectivity index (χ4n) is 4.12. The lowest BCUT2D eigenvalue weighted by Gasteiger charge is -2.43. The van der Waals surface area contributed by atoms with Gasteiger partial charge in [0.2, 0.25) is 0 Å². The van der Waals surface area contributed by atoms with E-state index in [-0.39, 0.29) is 28.8 Å². The Labute approximate surface area is 185 Å². The van der Waals surface area contributed by atoms with Crippen molar-refractivity contribution in [2.45, 2.75) is 52.1 Å². The number of ether oxygens (including phenoxy) is 2. The Kier molecular flexibility index (Phi) is 6.14. The highest BCUT2D eigenvalue weighted by atomic mass is 19.1. The summed E-state index contributed by atoms with van der Waals surface area (Å²) in [5.41, 5.74) is 9.44. The molecule has 1 aliphatic rings. The normalized spacial score (nSPS) is 15.6. The molecule has 2 aromatic rings. The number of carbonyl (C=O) groups is 2. The summed E-state index contributed by atoms with van der Waals surface area (Å²) in [6.07, 6.45) is 0.709. The lowest BCUT2D eigenvalue weighted by atomic mass is 9.73. The summed E-state index contributed by atoms with van der Waals surface area (Å²) in [6, 6.07) is 6.80. The topological polar surface area (TPSA) is 113 Å². The van der Waals surface area contributed by atoms with Crippen molar-refractivity contribution in [3.63, 3.8) is 0 Å². The molecule has 0 atom stereocenters. The number of anilines is 1. The van der Waals surface area contributed by atoms with E-state index in [1.807, 2.05) is 27.7 Å². The number of azide groups is 1. The number of rotatable bonds is 5. The molecule has 8 nitrogen and oxygen atoms in total. The first-order chi connectivity index (χ1) is 15.0. The van der Waals surface area contributed by atoms with Crippen LogP contribution in [0.5, 0.6) is 5.75 Å². The van der Waals surface area contributed by atoms with Crippen LogP contribution in [-0.4, -0.2) is 24.1 Å². The summed E-state index contributed by atoms with van der Waals surface area (Å²) < 4.78 is 25.2. The summed E-state index contributed by atoms with van der Waals surface area (Å²) in [5, 5.41) is 6.45. The van der Waals surface area contributed by atoms with Gasteiger partial charge < -0.3 is 14.8 Å². The zero-order valence-electron chi connectivity index (χ0n) is 18.7. The van der Waals surface area contributed by atoms with E-state index in [9.17, 15) is 14.0 Å². The van der Waals surface area contributed by atoms with Crippen LogP contribution in [0.2, 0.25) is 0 Å². The summed E-state index contributed by atoms with van der Waals surface area (Å²) in [5.74, 6) is -1.75. The molecule has 32 heavy (non-hydrogen) atoms. The van der Waals surface area contributed by atoms with Gasteiger partial charge in [-0.15, -0.1) is 0 Å². The van der Waals surface area contributed by atoms with Crippen molar-refractivity contribution in [2.24, 2.45) is 5.11 Å². The molecular weight excluding hydrogens is 415 g/mol. The molecule has 9 heteroatoms. The van der Waals surface area contributed by atoms with E-state index in [1.165, 1.54) is 18.2 Å². The molecule has 1 amide bonds. The van der Waals surface area contributed by atoms with Crippen LogP contribution in [0, 0.1) is 5.82 Å². The Morgan fingerprint density at radius 3 is 2.59 bits per heavy atom. The van der Waals surface area contributed by atoms with Crippen LogP contribution in [0.4, 0.5) is 15.8 Å². The highest BCUT2D eigenvalue weighted by Gasteiger charge is 2.40. The predicted molar refractivity (Wildman–Crippen MR) is 118 cm³/mol. The van der Waals surface area contributed by atoms with Crippen LogP contribution >= 0.6 is 0 Å². The summed E-state index contributed by atoms with van der Waals surface area (Å²) in [7, 11) is 0. The van der Waals surface area contributed by atoms with Crippen molar-refractivity contribution in [1.82, 2.24) is 0 Å². The summed E-state index contributed by atoms with van der Waals surface area (Å²) in [6.45, 7) is 9.75. The van der Waals surface area contributed by atoms with Crippen LogP contribution in [0.1, 0.15) is 67.3 Å². The highest BCUT2D eigenvalue weighted by Crippen LogP contribution is 2.50. The number of esters is 1. The average molecular weight is 440 g/mol. The van der Waals surface area contributed by atoms with E-state index in [2.05, 4.69) is 15.3 Å². The SMILES string of the molecule is CCOC(=O)c1ccc(C(=O)Nc2cc(N=[N+]=[N-])c3c(c2)C(C)(C)CC(C)(C)O3)cc1F. The largest absolute Gasteiger partial charge is 0.487 e. The predicted octanol–water partition coefficient (Wildman–Crippen LogP) is 6.04. The van der Waals surface area contributed by atoms with Crippen molar-refractivity contribution in [3.8, 4) is 5.75 Å². The fourth-order valence-corrected chi connectivity index (χ4v) is 4.12. The van der Waals surface area contributed by atoms with Crippen LogP contribution in [0.25, 0.3) is 10.4 Å². The number of hydrogen-bond acceptors (Lipinski definition) is 5. The summed E-state index contributed by atoms with van der Waals surface area (Å²) >= 11 is 0. The number of halogens is 1. The third-order valence-electron chi connectivity index (χ3n) is 5.18. The van der Waals surface area contributed by atoms with Crippen LogP contribution in [0.3, 0.4) is 0 Å². The number of nitrogens with one attached hydrogen (secondary N) is 1. The molecule has 0 spiro atoms. The molecule has 0 saturated carbocycles.